The van der Waals surface area contributed by atoms with Crippen molar-refractivity contribution in [3.8, 4) is 5.69 Å². The molecule has 0 aliphatic rings. The topological polar surface area (TPSA) is 114 Å². The van der Waals surface area contributed by atoms with Crippen LogP contribution in [0.4, 0.5) is 0 Å². The van der Waals surface area contributed by atoms with E-state index in [1.54, 1.807) is 0 Å². The van der Waals surface area contributed by atoms with Crippen LogP contribution >= 0.6 is 15.9 Å². The lowest BCUT2D eigenvalue weighted by molar-refractivity contribution is -2.00. The summed E-state index contributed by atoms with van der Waals surface area (Å²) < 4.78 is 37.2. The molecule has 0 bridgehead atoms. The molecule has 4 aromatic carbocycles. The summed E-state index contributed by atoms with van der Waals surface area (Å²) in [4.78, 5) is 1.97. The van der Waals surface area contributed by atoms with Crippen molar-refractivity contribution in [2.75, 3.05) is 0 Å². The predicted molar refractivity (Wildman–Crippen MR) is 105 cm³/mol. The van der Waals surface area contributed by atoms with Crippen molar-refractivity contribution < 1.29 is 33.6 Å². The van der Waals surface area contributed by atoms with Crippen molar-refractivity contribution in [2.45, 2.75) is 0 Å². The van der Waals surface area contributed by atoms with E-state index in [0.29, 0.717) is 0 Å². The highest BCUT2D eigenvalue weighted by molar-refractivity contribution is 9.10. The second-order valence-electron chi connectivity index (χ2n) is 6.56. The highest BCUT2D eigenvalue weighted by Gasteiger charge is 2.23. The van der Waals surface area contributed by atoms with E-state index >= 15 is 0 Å². The lowest BCUT2D eigenvalue weighted by Gasteiger charge is -2.17. The molecule has 0 amide bonds. The molecule has 0 aliphatic carbocycles. The zero-order valence-corrected chi connectivity index (χ0v) is 18.0. The van der Waals surface area contributed by atoms with E-state index in [2.05, 4.69) is 88.3 Å². The summed E-state index contributed by atoms with van der Waals surface area (Å²) in [5, 5.41) is 9.86. The number of nitrogens with zero attached hydrogens (tertiary/aromatic N) is 3. The average molecular weight is 489 g/mol. The predicted octanol–water partition coefficient (Wildman–Crippen LogP) is 0.163. The van der Waals surface area contributed by atoms with Crippen LogP contribution in [0.5, 0.6) is 0 Å². The van der Waals surface area contributed by atoms with E-state index in [-0.39, 0.29) is 0 Å². The van der Waals surface area contributed by atoms with Crippen molar-refractivity contribution >= 4 is 48.5 Å². The normalized spacial score (nSPS) is 11.7. The molecule has 7 nitrogen and oxygen atoms in total. The van der Waals surface area contributed by atoms with Gasteiger partial charge in [-0.1, -0.05) is 52.3 Å². The average Bonchev–Trinajstić information content (AvgIpc) is 3.05. The van der Waals surface area contributed by atoms with E-state index in [9.17, 15) is 0 Å². The molecule has 0 atom stereocenters. The van der Waals surface area contributed by atoms with Crippen LogP contribution in [0.1, 0.15) is 0 Å². The number of aromatic nitrogens is 3. The van der Waals surface area contributed by atoms with Gasteiger partial charge < -0.3 is 0 Å². The molecule has 0 radical (unpaired) electrons. The van der Waals surface area contributed by atoms with E-state index < -0.39 is 10.2 Å². The smallest absolute Gasteiger partial charge is 0.222 e. The summed E-state index contributed by atoms with van der Waals surface area (Å²) in [7, 11) is -2.88. The summed E-state index contributed by atoms with van der Waals surface area (Å²) in [6.07, 6.45) is 0. The van der Waals surface area contributed by atoms with Crippen LogP contribution in [-0.2, 0) is 7.05 Å². The Kier molecular flexibility index (Phi) is 5.46. The number of halogens is 2. The number of hydrogen-bond donors (Lipinski definition) is 0. The molecule has 0 aliphatic heterocycles. The third-order valence-electron chi connectivity index (χ3n) is 4.74. The first-order valence-electron chi connectivity index (χ1n) is 8.80. The fraction of sp³-hybridized carbons (Fsp3) is 0.0476. The highest BCUT2D eigenvalue weighted by Crippen LogP contribution is 2.32. The Morgan fingerprint density at radius 1 is 0.767 bits per heavy atom. The molecule has 5 aromatic rings. The van der Waals surface area contributed by atoms with Gasteiger partial charge in [0.1, 0.15) is 12.7 Å². The van der Waals surface area contributed by atoms with Crippen molar-refractivity contribution in [1.82, 2.24) is 9.90 Å². The summed E-state index contributed by atoms with van der Waals surface area (Å²) in [6.45, 7) is 0. The third-order valence-corrected chi connectivity index (χ3v) is 5.27. The van der Waals surface area contributed by atoms with Gasteiger partial charge in [-0.3, -0.25) is 0 Å². The maximum Gasteiger partial charge on any atom is 0.258 e. The molecule has 1 aromatic heterocycles. The van der Waals surface area contributed by atoms with Crippen LogP contribution in [0.15, 0.2) is 77.3 Å². The minimum Gasteiger partial charge on any atom is -0.222 e. The van der Waals surface area contributed by atoms with Gasteiger partial charge in [0.15, 0.2) is 0 Å². The van der Waals surface area contributed by atoms with Crippen molar-refractivity contribution in [2.24, 2.45) is 7.05 Å². The van der Waals surface area contributed by atoms with Gasteiger partial charge >= 0.3 is 0 Å². The van der Waals surface area contributed by atoms with E-state index in [1.165, 1.54) is 21.5 Å². The molecule has 30 heavy (non-hydrogen) atoms. The maximum atomic E-state index is 8.49. The Labute approximate surface area is 181 Å². The molecule has 5 rings (SSSR count). The molecule has 152 valence electrons. The van der Waals surface area contributed by atoms with Crippen molar-refractivity contribution in [1.29, 1.82) is 0 Å². The fourth-order valence-corrected chi connectivity index (χ4v) is 3.86. The van der Waals surface area contributed by atoms with Gasteiger partial charge in [0.2, 0.25) is 5.52 Å². The number of benzene rings is 4. The largest absolute Gasteiger partial charge is 0.258 e. The van der Waals surface area contributed by atoms with Crippen LogP contribution in [0.25, 0.3) is 38.3 Å². The van der Waals surface area contributed by atoms with Gasteiger partial charge in [-0.2, -0.15) is 0 Å². The molecule has 0 saturated heterocycles. The first-order chi connectivity index (χ1) is 14.2. The second kappa shape index (κ2) is 7.92. The van der Waals surface area contributed by atoms with Crippen LogP contribution in [0.3, 0.4) is 0 Å². The van der Waals surface area contributed by atoms with E-state index in [1.807, 2.05) is 16.9 Å². The third kappa shape index (κ3) is 4.01. The quantitative estimate of drug-likeness (QED) is 0.246. The van der Waals surface area contributed by atoms with Crippen LogP contribution in [0.2, 0.25) is 0 Å². The minimum atomic E-state index is -4.94. The number of hydrogen-bond acceptors (Lipinski definition) is 5. The van der Waals surface area contributed by atoms with Gasteiger partial charge in [0.05, 0.1) is 5.10 Å². The van der Waals surface area contributed by atoms with Gasteiger partial charge in [0, 0.05) is 15.2 Å². The Balaban J connectivity index is 0.000000393. The lowest BCUT2D eigenvalue weighted by atomic mass is 10.00. The molecule has 0 fully saturated rings. The summed E-state index contributed by atoms with van der Waals surface area (Å²) in [5.74, 6) is 0. The minimum absolute atomic E-state index is 1.03. The number of aryl methyl sites for hydroxylation is 1. The highest BCUT2D eigenvalue weighted by atomic mass is 79.9. The summed E-state index contributed by atoms with van der Waals surface area (Å²) >= 11 is 3.50. The first-order valence-corrected chi connectivity index (χ1v) is 10.8. The Morgan fingerprint density at radius 2 is 1.23 bits per heavy atom. The molecule has 0 unspecified atom stereocenters. The monoisotopic (exact) mass is 487 g/mol. The van der Waals surface area contributed by atoms with Gasteiger partial charge in [-0.25, -0.2) is 18.6 Å². The Bertz CT molecular complexity index is 1360. The molecular formula is C21H15BrClN3O4. The van der Waals surface area contributed by atoms with Crippen LogP contribution < -0.4 is 23.3 Å². The Hall–Kier alpha value is -2.59. The van der Waals surface area contributed by atoms with Gasteiger partial charge in [-0.05, 0) is 52.0 Å². The zero-order valence-electron chi connectivity index (χ0n) is 15.7. The zero-order chi connectivity index (χ0) is 21.5. The molecule has 9 heteroatoms. The number of fused-ring (bicyclic) bond motifs is 6. The van der Waals surface area contributed by atoms with E-state index in [0.717, 1.165) is 21.2 Å². The molecule has 0 saturated carbocycles. The van der Waals surface area contributed by atoms with E-state index in [4.69, 9.17) is 23.7 Å². The van der Waals surface area contributed by atoms with Crippen LogP contribution in [-0.4, -0.2) is 9.90 Å². The van der Waals surface area contributed by atoms with Gasteiger partial charge in [0.25, 0.3) is 5.52 Å². The van der Waals surface area contributed by atoms with Crippen molar-refractivity contribution in [3.63, 3.8) is 0 Å². The standard InChI is InChI=1S/C21H15BrN3.ClHO4/c1-24-21-19-9-5-3-7-17(19)16-6-2-4-8-18(16)20(21)23-25(24)15-12-10-14(22)11-13-15;2-1(3,4)5/h2-13H,1H3;(H,2,3,4,5)/q+1;/p-1. The second-order valence-corrected chi connectivity index (χ2v) is 8.23. The fourth-order valence-electron chi connectivity index (χ4n) is 3.59. The molecule has 0 spiro atoms. The molecule has 0 N–H and O–H groups in total. The first kappa shape index (κ1) is 20.7. The maximum absolute atomic E-state index is 8.49. The summed E-state index contributed by atoms with van der Waals surface area (Å²) in [5.41, 5.74) is 3.21. The van der Waals surface area contributed by atoms with Gasteiger partial charge in [-0.15, -0.1) is 14.9 Å². The summed E-state index contributed by atoms with van der Waals surface area (Å²) in [6, 6.07) is 25.3. The molecule has 1 heterocycles. The SMILES string of the molecule is C[n+]1c2c3ccccc3c3ccccc3c2nn1-c1ccc(Br)cc1.[O-][Cl+3]([O-])([O-])[O-]. The van der Waals surface area contributed by atoms with Crippen LogP contribution in [0, 0.1) is 10.2 Å². The molecular weight excluding hydrogens is 474 g/mol. The Morgan fingerprint density at radius 3 is 1.80 bits per heavy atom. The number of rotatable bonds is 1. The van der Waals surface area contributed by atoms with Crippen molar-refractivity contribution in [3.05, 3.63) is 77.3 Å². The lowest BCUT2D eigenvalue weighted by Crippen LogP contribution is -2.68.